The van der Waals surface area contributed by atoms with E-state index in [9.17, 15) is 4.79 Å². The van der Waals surface area contributed by atoms with Crippen molar-refractivity contribution in [3.8, 4) is 5.75 Å². The number of rotatable bonds is 6. The molecule has 1 aromatic heterocycles. The van der Waals surface area contributed by atoms with E-state index in [0.717, 1.165) is 37.7 Å². The van der Waals surface area contributed by atoms with Gasteiger partial charge in [-0.25, -0.2) is 14.8 Å². The van der Waals surface area contributed by atoms with Gasteiger partial charge in [0.2, 0.25) is 5.90 Å². The molecule has 4 aromatic rings. The van der Waals surface area contributed by atoms with Crippen LogP contribution < -0.4 is 4.74 Å². The Kier molecular flexibility index (Phi) is 5.91. The first-order chi connectivity index (χ1) is 16.2. The van der Waals surface area contributed by atoms with Gasteiger partial charge >= 0.3 is 5.97 Å². The zero-order chi connectivity index (χ0) is 22.6. The SMILES string of the molecule is CCOc1ccc2nc(Sc3ccccc3)c(/C=C3\N=C(c4ccccc4)OC3=O)cc2c1. The Morgan fingerprint density at radius 3 is 2.48 bits per heavy atom. The van der Waals surface area contributed by atoms with Crippen molar-refractivity contribution in [1.82, 2.24) is 4.98 Å². The molecule has 0 spiro atoms. The minimum Gasteiger partial charge on any atom is -0.494 e. The van der Waals surface area contributed by atoms with E-state index in [1.165, 1.54) is 11.8 Å². The van der Waals surface area contributed by atoms with Gasteiger partial charge in [-0.1, -0.05) is 48.2 Å². The molecule has 0 fully saturated rings. The predicted octanol–water partition coefficient (Wildman–Crippen LogP) is 6.13. The summed E-state index contributed by atoms with van der Waals surface area (Å²) in [4.78, 5) is 23.0. The summed E-state index contributed by atoms with van der Waals surface area (Å²) in [6.45, 7) is 2.53. The number of hydrogen-bond donors (Lipinski definition) is 0. The van der Waals surface area contributed by atoms with Crippen molar-refractivity contribution in [3.05, 3.63) is 102 Å². The fourth-order valence-electron chi connectivity index (χ4n) is 3.46. The number of nitrogens with zero attached hydrogens (tertiary/aromatic N) is 2. The predicted molar refractivity (Wildman–Crippen MR) is 131 cm³/mol. The van der Waals surface area contributed by atoms with Gasteiger partial charge in [-0.2, -0.15) is 0 Å². The molecule has 0 aliphatic carbocycles. The van der Waals surface area contributed by atoms with E-state index < -0.39 is 5.97 Å². The van der Waals surface area contributed by atoms with E-state index in [1.54, 1.807) is 6.08 Å². The Labute approximate surface area is 195 Å². The average molecular weight is 453 g/mol. The number of ether oxygens (including phenoxy) is 2. The van der Waals surface area contributed by atoms with Gasteiger partial charge in [-0.15, -0.1) is 0 Å². The molecule has 0 saturated heterocycles. The highest BCUT2D eigenvalue weighted by atomic mass is 32.2. The molecule has 0 radical (unpaired) electrons. The third-order valence-electron chi connectivity index (χ3n) is 4.98. The maximum Gasteiger partial charge on any atom is 0.363 e. The number of pyridine rings is 1. The molecule has 0 amide bonds. The molecule has 0 unspecified atom stereocenters. The number of aromatic nitrogens is 1. The van der Waals surface area contributed by atoms with E-state index in [1.807, 2.05) is 91.9 Å². The third-order valence-corrected chi connectivity index (χ3v) is 6.01. The lowest BCUT2D eigenvalue weighted by molar-refractivity contribution is -0.129. The summed E-state index contributed by atoms with van der Waals surface area (Å²) >= 11 is 1.54. The van der Waals surface area contributed by atoms with Crippen LogP contribution in [0.4, 0.5) is 0 Å². The van der Waals surface area contributed by atoms with E-state index in [2.05, 4.69) is 4.99 Å². The minimum absolute atomic E-state index is 0.242. The zero-order valence-electron chi connectivity index (χ0n) is 17.9. The van der Waals surface area contributed by atoms with Crippen LogP contribution in [0.1, 0.15) is 18.1 Å². The van der Waals surface area contributed by atoms with E-state index in [0.29, 0.717) is 12.5 Å². The Balaban J connectivity index is 1.60. The van der Waals surface area contributed by atoms with Crippen molar-refractivity contribution >= 4 is 40.6 Å². The number of aliphatic imine (C=N–C) groups is 1. The van der Waals surface area contributed by atoms with Crippen molar-refractivity contribution < 1.29 is 14.3 Å². The molecule has 162 valence electrons. The molecule has 6 heteroatoms. The maximum atomic E-state index is 12.6. The number of cyclic esters (lactones) is 1. The van der Waals surface area contributed by atoms with Crippen LogP contribution in [0.15, 0.2) is 106 Å². The van der Waals surface area contributed by atoms with Gasteiger partial charge in [0.15, 0.2) is 5.70 Å². The molecule has 33 heavy (non-hydrogen) atoms. The van der Waals surface area contributed by atoms with Crippen molar-refractivity contribution in [2.75, 3.05) is 6.61 Å². The summed E-state index contributed by atoms with van der Waals surface area (Å²) in [6.07, 6.45) is 1.74. The zero-order valence-corrected chi connectivity index (χ0v) is 18.7. The van der Waals surface area contributed by atoms with E-state index in [4.69, 9.17) is 14.5 Å². The van der Waals surface area contributed by atoms with Crippen LogP contribution in [0.3, 0.4) is 0 Å². The van der Waals surface area contributed by atoms with Crippen molar-refractivity contribution in [2.45, 2.75) is 16.8 Å². The van der Waals surface area contributed by atoms with Gasteiger partial charge in [-0.05, 0) is 61.5 Å². The second-order valence-corrected chi connectivity index (χ2v) is 8.35. The molecular formula is C27H20N2O3S. The van der Waals surface area contributed by atoms with Gasteiger partial charge in [0, 0.05) is 21.4 Å². The first kappa shape index (κ1) is 21.0. The summed E-state index contributed by atoms with van der Waals surface area (Å²) in [6, 6.07) is 27.2. The first-order valence-electron chi connectivity index (χ1n) is 10.6. The molecule has 5 rings (SSSR count). The highest BCUT2D eigenvalue weighted by Crippen LogP contribution is 2.34. The van der Waals surface area contributed by atoms with E-state index >= 15 is 0 Å². The smallest absolute Gasteiger partial charge is 0.363 e. The summed E-state index contributed by atoms with van der Waals surface area (Å²) in [7, 11) is 0. The molecule has 3 aromatic carbocycles. The highest BCUT2D eigenvalue weighted by Gasteiger charge is 2.24. The fourth-order valence-corrected chi connectivity index (χ4v) is 4.35. The number of benzene rings is 3. The van der Waals surface area contributed by atoms with Gasteiger partial charge in [0.25, 0.3) is 0 Å². The number of fused-ring (bicyclic) bond motifs is 1. The van der Waals surface area contributed by atoms with Crippen LogP contribution in [-0.2, 0) is 9.53 Å². The number of hydrogen-bond acceptors (Lipinski definition) is 6. The lowest BCUT2D eigenvalue weighted by Gasteiger charge is -2.10. The minimum atomic E-state index is -0.479. The molecule has 0 atom stereocenters. The molecule has 2 heterocycles. The lowest BCUT2D eigenvalue weighted by atomic mass is 10.1. The van der Waals surface area contributed by atoms with Crippen LogP contribution in [0.25, 0.3) is 17.0 Å². The quantitative estimate of drug-likeness (QED) is 0.260. The highest BCUT2D eigenvalue weighted by molar-refractivity contribution is 7.99. The van der Waals surface area contributed by atoms with Crippen molar-refractivity contribution in [3.63, 3.8) is 0 Å². The molecule has 0 N–H and O–H groups in total. The van der Waals surface area contributed by atoms with Crippen molar-refractivity contribution in [2.24, 2.45) is 4.99 Å². The van der Waals surface area contributed by atoms with E-state index in [-0.39, 0.29) is 5.70 Å². The molecule has 0 bridgehead atoms. The topological polar surface area (TPSA) is 60.8 Å². The monoisotopic (exact) mass is 452 g/mol. The van der Waals surface area contributed by atoms with Gasteiger partial charge in [-0.3, -0.25) is 0 Å². The lowest BCUT2D eigenvalue weighted by Crippen LogP contribution is -2.05. The number of carbonyl (C=O) groups excluding carboxylic acids is 1. The second-order valence-electron chi connectivity index (χ2n) is 7.29. The second kappa shape index (κ2) is 9.30. The molecular weight excluding hydrogens is 432 g/mol. The summed E-state index contributed by atoms with van der Waals surface area (Å²) < 4.78 is 11.1. The van der Waals surface area contributed by atoms with Gasteiger partial charge in [0.05, 0.1) is 12.1 Å². The Morgan fingerprint density at radius 2 is 1.73 bits per heavy atom. The average Bonchev–Trinajstić information content (AvgIpc) is 3.21. The number of carbonyl (C=O) groups is 1. The van der Waals surface area contributed by atoms with Crippen LogP contribution in [0, 0.1) is 0 Å². The molecule has 1 aliphatic heterocycles. The maximum absolute atomic E-state index is 12.6. The summed E-state index contributed by atoms with van der Waals surface area (Å²) in [5.74, 6) is 0.600. The van der Waals surface area contributed by atoms with Crippen LogP contribution in [0.2, 0.25) is 0 Å². The van der Waals surface area contributed by atoms with Gasteiger partial charge < -0.3 is 9.47 Å². The summed E-state index contributed by atoms with van der Waals surface area (Å²) in [5.41, 5.74) is 2.63. The molecule has 5 nitrogen and oxygen atoms in total. The largest absolute Gasteiger partial charge is 0.494 e. The number of esters is 1. The normalized spacial score (nSPS) is 14.4. The van der Waals surface area contributed by atoms with Crippen LogP contribution in [-0.4, -0.2) is 23.5 Å². The molecule has 0 saturated carbocycles. The van der Waals surface area contributed by atoms with Gasteiger partial charge in [0.1, 0.15) is 10.8 Å². The third kappa shape index (κ3) is 4.66. The fraction of sp³-hybridized carbons (Fsp3) is 0.0741. The standard InChI is InChI=1S/C27H20N2O3S/c1-2-31-21-13-14-23-19(16-21)15-20(26(29-23)33-22-11-7-4-8-12-22)17-24-27(30)32-25(28-24)18-9-5-3-6-10-18/h3-17H,2H2,1H3/b24-17-. The Hall–Kier alpha value is -3.90. The first-order valence-corrected chi connectivity index (χ1v) is 11.4. The Bertz CT molecular complexity index is 1380. The van der Waals surface area contributed by atoms with Crippen LogP contribution >= 0.6 is 11.8 Å². The Morgan fingerprint density at radius 1 is 0.970 bits per heavy atom. The van der Waals surface area contributed by atoms with Crippen molar-refractivity contribution in [1.29, 1.82) is 0 Å². The molecule has 1 aliphatic rings. The van der Waals surface area contributed by atoms with Crippen LogP contribution in [0.5, 0.6) is 5.75 Å². The summed E-state index contributed by atoms with van der Waals surface area (Å²) in [5, 5.41) is 1.70.